The second-order valence-corrected chi connectivity index (χ2v) is 32.8. The summed E-state index contributed by atoms with van der Waals surface area (Å²) in [6.07, 6.45) is 22.7. The van der Waals surface area contributed by atoms with Crippen molar-refractivity contribution in [2.24, 2.45) is 0 Å². The summed E-state index contributed by atoms with van der Waals surface area (Å²) >= 11 is 10.4. The summed E-state index contributed by atoms with van der Waals surface area (Å²) in [5.41, 5.74) is 26.2. The van der Waals surface area contributed by atoms with Gasteiger partial charge in [-0.25, -0.2) is 77.9 Å². The summed E-state index contributed by atoms with van der Waals surface area (Å²) < 4.78 is 28.6. The highest BCUT2D eigenvalue weighted by atomic mass is 35.5. The molecule has 0 spiro atoms. The average molecular weight is 2010 g/mol. The Labute approximate surface area is 839 Å². The summed E-state index contributed by atoms with van der Waals surface area (Å²) in [6, 6.07) is 35.4. The minimum absolute atomic E-state index is 0.0143. The highest BCUT2D eigenvalue weighted by Gasteiger charge is 2.26. The van der Waals surface area contributed by atoms with Crippen molar-refractivity contribution in [1.82, 2.24) is 118 Å². The zero-order chi connectivity index (χ0) is 104. The van der Waals surface area contributed by atoms with Crippen molar-refractivity contribution in [1.29, 1.82) is 0 Å². The number of ether oxygens (including phenoxy) is 4. The maximum Gasteiger partial charge on any atom is 0.294 e. The number of likely N-dealkylation sites (N-methyl/N-ethyl adjacent to an activating group) is 8. The summed E-state index contributed by atoms with van der Waals surface area (Å²) in [4.78, 5) is 111. The smallest absolute Gasteiger partial charge is 0.294 e. The first-order valence-corrected chi connectivity index (χ1v) is 44.7. The van der Waals surface area contributed by atoms with Crippen LogP contribution < -0.4 is 71.3 Å². The minimum Gasteiger partial charge on any atom is -0.495 e. The van der Waals surface area contributed by atoms with E-state index in [0.717, 1.165) is 92.1 Å². The second kappa shape index (κ2) is 52.8. The molecule has 9 N–H and O–H groups in total. The number of hydrogen-bond donors (Lipinski definition) is 7. The third-order valence-corrected chi connectivity index (χ3v) is 21.2. The van der Waals surface area contributed by atoms with Crippen molar-refractivity contribution in [3.05, 3.63) is 247 Å². The number of nitro benzene ring substituents is 2. The van der Waals surface area contributed by atoms with Gasteiger partial charge in [0, 0.05) is 198 Å². The molecule has 0 saturated heterocycles. The number of nitro groups is 2. The van der Waals surface area contributed by atoms with Crippen LogP contribution in [0.2, 0.25) is 5.28 Å². The second-order valence-electron chi connectivity index (χ2n) is 32.1. The highest BCUT2D eigenvalue weighted by molar-refractivity contribution is 6.66. The van der Waals surface area contributed by atoms with Crippen molar-refractivity contribution in [2.45, 2.75) is 0 Å². The zero-order valence-corrected chi connectivity index (χ0v) is 84.1. The van der Waals surface area contributed by atoms with Gasteiger partial charge in [-0.05, 0) is 177 Å². The SMILES string of the molecule is C=CC(=O)Cl.C=CC(=O)Nc1cc(Nc2nccc(-c3ccc4nccn4n3)n2)c(OC)cc1N(C)CCN(C)C.CO.COc1cc(N(C)CCN(C)C)c(N)cc1Nc1nccc(-c2ccc3nccn3n2)n1.COc1cc(N(C)CCN(C)C)c([N+](=O)[O-])cc1N.COc1cc(N(C)CCN(C)C)c([N+](=O)[O-])cc1Nc1nccc(-c2ccc3nccn3n2)n1.Clc1nccc(-c2ccc3nccn3n2)n1. The molecule has 49 heteroatoms. The van der Waals surface area contributed by atoms with Gasteiger partial charge in [-0.15, -0.1) is 0 Å². The molecule has 47 nitrogen and oxygen atoms in total. The quantitative estimate of drug-likeness (QED) is 0.00484. The first kappa shape index (κ1) is 109. The number of nitrogens with zero attached hydrogens (tertiary/aromatic N) is 30. The van der Waals surface area contributed by atoms with E-state index < -0.39 is 15.1 Å². The number of carbonyl (C=O) groups is 2. The fourth-order valence-electron chi connectivity index (χ4n) is 13.3. The van der Waals surface area contributed by atoms with Gasteiger partial charge in [-0.1, -0.05) is 13.2 Å². The largest absolute Gasteiger partial charge is 0.495 e. The number of amides is 1. The first-order valence-electron chi connectivity index (χ1n) is 44.0. The van der Waals surface area contributed by atoms with Gasteiger partial charge in [-0.3, -0.25) is 29.8 Å². The number of aromatic nitrogens is 20. The van der Waals surface area contributed by atoms with Crippen molar-refractivity contribution < 1.29 is 43.5 Å². The molecule has 0 unspecified atom stereocenters. The van der Waals surface area contributed by atoms with Crippen molar-refractivity contribution >= 4 is 143 Å². The van der Waals surface area contributed by atoms with Gasteiger partial charge in [0.1, 0.15) is 57.1 Å². The van der Waals surface area contributed by atoms with Gasteiger partial charge in [0.2, 0.25) is 34.3 Å². The van der Waals surface area contributed by atoms with Crippen LogP contribution in [0.25, 0.3) is 68.1 Å². The summed E-state index contributed by atoms with van der Waals surface area (Å²) in [5, 5.41) is 60.0. The molecule has 0 aliphatic heterocycles. The third-order valence-electron chi connectivity index (χ3n) is 20.9. The molecule has 1 amide bonds. The maximum absolute atomic E-state index is 12.2. The lowest BCUT2D eigenvalue weighted by molar-refractivity contribution is -0.384. The number of hydrogen-bond acceptors (Lipinski definition) is 40. The molecule has 0 fully saturated rings. The highest BCUT2D eigenvalue weighted by Crippen LogP contribution is 2.42. The fraction of sp³-hybridized carbons (Fsp3) is 0.263. The van der Waals surface area contributed by atoms with E-state index in [9.17, 15) is 29.8 Å². The predicted octanol–water partition coefficient (Wildman–Crippen LogP) is 12.0. The number of nitrogens with one attached hydrogen (secondary N) is 4. The summed E-state index contributed by atoms with van der Waals surface area (Å²) in [7, 11) is 30.7. The minimum atomic E-state index is -0.509. The van der Waals surface area contributed by atoms with Crippen molar-refractivity contribution in [2.75, 3.05) is 225 Å². The lowest BCUT2D eigenvalue weighted by atomic mass is 10.2. The molecule has 0 atom stereocenters. The van der Waals surface area contributed by atoms with E-state index in [4.69, 9.17) is 58.7 Å². The number of anilines is 13. The first-order chi connectivity index (χ1) is 69.1. The molecule has 12 heterocycles. The number of benzene rings is 4. The van der Waals surface area contributed by atoms with Crippen LogP contribution in [0.15, 0.2) is 221 Å². The molecule has 754 valence electrons. The molecule has 0 bridgehead atoms. The number of rotatable bonds is 35. The summed E-state index contributed by atoms with van der Waals surface area (Å²) in [6.45, 7) is 12.8. The molecule has 0 radical (unpaired) electrons. The Balaban J connectivity index is 0.000000186. The maximum atomic E-state index is 12.2. The van der Waals surface area contributed by atoms with Crippen LogP contribution in [0, 0.1) is 20.2 Å². The van der Waals surface area contributed by atoms with Gasteiger partial charge < -0.3 is 96.0 Å². The van der Waals surface area contributed by atoms with E-state index >= 15 is 0 Å². The van der Waals surface area contributed by atoms with Crippen LogP contribution in [-0.4, -0.2) is 316 Å². The van der Waals surface area contributed by atoms with Gasteiger partial charge in [0.25, 0.3) is 11.4 Å². The lowest BCUT2D eigenvalue weighted by Crippen LogP contribution is -2.29. The number of methoxy groups -OCH3 is 4. The van der Waals surface area contributed by atoms with Gasteiger partial charge in [-0.2, -0.15) is 20.4 Å². The molecule has 16 aromatic rings. The normalized spacial score (nSPS) is 10.7. The average Bonchev–Trinajstić information content (AvgIpc) is 1.55. The molecule has 0 aliphatic rings. The molecule has 16 rings (SSSR count). The molecule has 4 aromatic carbocycles. The number of aliphatic hydroxyl groups excluding tert-OH is 1. The summed E-state index contributed by atoms with van der Waals surface area (Å²) in [5.74, 6) is 2.82. The number of aliphatic hydroxyl groups is 1. The molecular formula is C95H114Cl2N36O11. The number of halogens is 2. The molecule has 0 aliphatic carbocycles. The molecule has 144 heavy (non-hydrogen) atoms. The van der Waals surface area contributed by atoms with E-state index in [1.54, 1.807) is 143 Å². The Morgan fingerprint density at radius 1 is 0.382 bits per heavy atom. The van der Waals surface area contributed by atoms with Crippen LogP contribution in [0.3, 0.4) is 0 Å². The number of nitrogens with two attached hydrogens (primary N) is 2. The van der Waals surface area contributed by atoms with E-state index in [-0.39, 0.29) is 34.2 Å². The van der Waals surface area contributed by atoms with E-state index in [2.05, 4.69) is 134 Å². The molecular weight excluding hydrogens is 1890 g/mol. The molecule has 12 aromatic heterocycles. The Kier molecular flexibility index (Phi) is 39.9. The number of nitrogen functional groups attached to an aromatic ring is 2. The lowest BCUT2D eigenvalue weighted by Gasteiger charge is -2.26. The Morgan fingerprint density at radius 2 is 0.688 bits per heavy atom. The zero-order valence-electron chi connectivity index (χ0n) is 82.6. The van der Waals surface area contributed by atoms with Crippen LogP contribution in [0.5, 0.6) is 23.0 Å². The number of fused-ring (bicyclic) bond motifs is 4. The fourth-order valence-corrected chi connectivity index (χ4v) is 13.5. The number of carbonyl (C=O) groups excluding carboxylic acids is 2. The van der Waals surface area contributed by atoms with Crippen LogP contribution in [0.1, 0.15) is 0 Å². The number of allylic oxidation sites excluding steroid dienone is 1. The van der Waals surface area contributed by atoms with Crippen molar-refractivity contribution in [3.8, 4) is 68.5 Å². The Bertz CT molecular complexity index is 7050. The van der Waals surface area contributed by atoms with E-state index in [0.29, 0.717) is 128 Å². The standard InChI is InChI=1S/C25H29N9O2.C22H25N9O3.C22H27N9O.C12H20N4O3.C10H6ClN5.C3H3ClO.CH4O/c1-6-24(35)28-19-15-20(22(36-5)16-21(19)33(4)14-13-32(2)3)30-25-27-10-9-17(29-25)18-7-8-23-26-11-12-34(23)31-18;1-28(2)11-12-29(3)18-14-20(34-4)17(13-19(18)31(32)33)26-22-24-8-7-15(25-22)16-5-6-21-23-9-10-30(21)27-16;1-29(2)11-12-30(3)19-14-20(32-4)18(13-15(19)23)27-22-25-8-7-16(26-22)17-5-6-21-24-9-10-31(21)28-17;1-14(2)5-6-15(3)10-8-12(19-4)9(13)7-11(10)16(17)18;11-10-13-4-3-7(14-10)8-1-2-9-12-5-6-16(9)15-8;1-2-3(4)5;1-2/h6-12,15-16H,1,13-14H2,2-5H3,(H,28,35)(H,27,29,30);5-10,13-14H,11-12H2,1-4H3,(H,24,25,26);5-10,13-14H,11-12,23H2,1-4H3,(H,25,26,27);7-8H,5-6,13H2,1-4H3;1-6H;2H,1H2;2H,1H3. The van der Waals surface area contributed by atoms with Gasteiger partial charge >= 0.3 is 0 Å². The predicted molar refractivity (Wildman–Crippen MR) is 560 cm³/mol. The number of imidazole rings is 4. The van der Waals surface area contributed by atoms with Crippen LogP contribution in [0.4, 0.5) is 86.1 Å². The van der Waals surface area contributed by atoms with E-state index in [1.165, 1.54) is 32.4 Å². The van der Waals surface area contributed by atoms with Gasteiger partial charge in [0.05, 0.1) is 107 Å². The van der Waals surface area contributed by atoms with Crippen molar-refractivity contribution in [3.63, 3.8) is 0 Å². The third kappa shape index (κ3) is 30.4. The Hall–Kier alpha value is -17.1. The Morgan fingerprint density at radius 3 is 1.02 bits per heavy atom. The van der Waals surface area contributed by atoms with Crippen LogP contribution >= 0.6 is 23.2 Å². The molecule has 0 saturated carbocycles. The van der Waals surface area contributed by atoms with E-state index in [1.807, 2.05) is 177 Å². The van der Waals surface area contributed by atoms with Crippen LogP contribution in [-0.2, 0) is 9.59 Å². The van der Waals surface area contributed by atoms with Gasteiger partial charge in [0.15, 0.2) is 22.6 Å². The monoisotopic (exact) mass is 2000 g/mol. The topological polar surface area (TPSA) is 528 Å².